The Morgan fingerprint density at radius 3 is 2.56 bits per heavy atom. The normalized spacial score (nSPS) is 11.8. The van der Waals surface area contributed by atoms with Crippen LogP contribution in [-0.4, -0.2) is 54.7 Å². The van der Waals surface area contributed by atoms with Gasteiger partial charge in [-0.05, 0) is 6.42 Å². The number of rotatable bonds is 7. The van der Waals surface area contributed by atoms with Crippen LogP contribution in [0.4, 0.5) is 0 Å². The van der Waals surface area contributed by atoms with Gasteiger partial charge in [0, 0.05) is 6.42 Å². The second-order valence-corrected chi connectivity index (χ2v) is 3.40. The molecule has 1 heterocycles. The van der Waals surface area contributed by atoms with E-state index in [0.717, 1.165) is 0 Å². The molecule has 0 aromatic carbocycles. The third-order valence-electron chi connectivity index (χ3n) is 1.99. The maximum absolute atomic E-state index is 11.4. The maximum atomic E-state index is 11.4. The number of hydrogen-bond acceptors (Lipinski definition) is 6. The first-order chi connectivity index (χ1) is 8.49. The van der Waals surface area contributed by atoms with Gasteiger partial charge in [-0.1, -0.05) is 5.21 Å². The number of hydrogen-bond donors (Lipinski definition) is 4. The Bertz CT molecular complexity index is 431. The third kappa shape index (κ3) is 4.55. The van der Waals surface area contributed by atoms with E-state index >= 15 is 0 Å². The lowest BCUT2D eigenvalue weighted by atomic mass is 10.1. The van der Waals surface area contributed by atoms with Gasteiger partial charge in [0.05, 0.1) is 6.42 Å². The molecule has 0 radical (unpaired) electrons. The lowest BCUT2D eigenvalue weighted by Gasteiger charge is -2.12. The van der Waals surface area contributed by atoms with E-state index < -0.39 is 23.9 Å². The minimum atomic E-state index is -1.29. The van der Waals surface area contributed by atoms with E-state index in [1.807, 2.05) is 0 Å². The molecule has 0 fully saturated rings. The van der Waals surface area contributed by atoms with Crippen LogP contribution >= 0.6 is 0 Å². The van der Waals surface area contributed by atoms with Gasteiger partial charge in [0.15, 0.2) is 5.82 Å². The largest absolute Gasteiger partial charge is 0.481 e. The molecule has 1 rings (SSSR count). The van der Waals surface area contributed by atoms with Crippen molar-refractivity contribution in [2.24, 2.45) is 0 Å². The van der Waals surface area contributed by atoms with Crippen LogP contribution in [-0.2, 0) is 20.8 Å². The first kappa shape index (κ1) is 13.5. The Morgan fingerprint density at radius 1 is 1.33 bits per heavy atom. The zero-order valence-electron chi connectivity index (χ0n) is 9.16. The Kier molecular flexibility index (Phi) is 4.72. The van der Waals surface area contributed by atoms with Crippen LogP contribution < -0.4 is 5.32 Å². The summed E-state index contributed by atoms with van der Waals surface area (Å²) in [6, 6.07) is -1.25. The highest BCUT2D eigenvalue weighted by Gasteiger charge is 2.21. The van der Waals surface area contributed by atoms with Gasteiger partial charge in [-0.2, -0.15) is 5.21 Å². The lowest BCUT2D eigenvalue weighted by Crippen LogP contribution is -2.41. The minimum Gasteiger partial charge on any atom is -0.481 e. The van der Waals surface area contributed by atoms with E-state index in [4.69, 9.17) is 10.2 Å². The van der Waals surface area contributed by atoms with Gasteiger partial charge in [-0.25, -0.2) is 4.79 Å². The van der Waals surface area contributed by atoms with Crippen molar-refractivity contribution in [3.05, 3.63) is 5.82 Å². The van der Waals surface area contributed by atoms with Crippen LogP contribution in [0.1, 0.15) is 18.7 Å². The first-order valence-electron chi connectivity index (χ1n) is 4.95. The third-order valence-corrected chi connectivity index (χ3v) is 1.99. The molecule has 0 aliphatic rings. The van der Waals surface area contributed by atoms with Gasteiger partial charge in [0.1, 0.15) is 6.04 Å². The van der Waals surface area contributed by atoms with Gasteiger partial charge < -0.3 is 15.5 Å². The molecule has 1 aromatic rings. The van der Waals surface area contributed by atoms with Gasteiger partial charge in [-0.3, -0.25) is 9.59 Å². The van der Waals surface area contributed by atoms with E-state index in [-0.39, 0.29) is 25.1 Å². The van der Waals surface area contributed by atoms with Crippen molar-refractivity contribution in [1.82, 2.24) is 25.9 Å². The highest BCUT2D eigenvalue weighted by Crippen LogP contribution is 1.99. The predicted octanol–water partition coefficient (Wildman–Crippen LogP) is -1.82. The molecule has 1 atom stereocenters. The second kappa shape index (κ2) is 6.27. The monoisotopic (exact) mass is 257 g/mol. The zero-order valence-corrected chi connectivity index (χ0v) is 9.16. The molecule has 1 unspecified atom stereocenters. The molecule has 0 aliphatic heterocycles. The van der Waals surface area contributed by atoms with Crippen LogP contribution in [0.2, 0.25) is 0 Å². The van der Waals surface area contributed by atoms with Crippen LogP contribution in [0.15, 0.2) is 0 Å². The molecule has 10 heteroatoms. The smallest absolute Gasteiger partial charge is 0.326 e. The SMILES string of the molecule is O=C(O)CCC(NC(=O)Cc1nn[nH]n1)C(=O)O. The number of nitrogens with one attached hydrogen (secondary N) is 2. The fraction of sp³-hybridized carbons (Fsp3) is 0.500. The van der Waals surface area contributed by atoms with E-state index in [2.05, 4.69) is 25.9 Å². The van der Waals surface area contributed by atoms with Crippen LogP contribution in [0.25, 0.3) is 0 Å². The van der Waals surface area contributed by atoms with Crippen LogP contribution in [0, 0.1) is 0 Å². The molecule has 0 spiro atoms. The molecule has 18 heavy (non-hydrogen) atoms. The maximum Gasteiger partial charge on any atom is 0.326 e. The van der Waals surface area contributed by atoms with Crippen LogP contribution in [0.3, 0.4) is 0 Å². The quantitative estimate of drug-likeness (QED) is 0.444. The molecular formula is C8H11N5O5. The number of carbonyl (C=O) groups is 3. The molecule has 4 N–H and O–H groups in total. The minimum absolute atomic E-state index is 0.120. The number of carbonyl (C=O) groups excluding carboxylic acids is 1. The molecule has 0 saturated carbocycles. The summed E-state index contributed by atoms with van der Waals surface area (Å²) < 4.78 is 0. The number of amides is 1. The van der Waals surface area contributed by atoms with Crippen molar-refractivity contribution >= 4 is 17.8 Å². The zero-order chi connectivity index (χ0) is 13.5. The average Bonchev–Trinajstić information content (AvgIpc) is 2.76. The molecule has 1 aromatic heterocycles. The van der Waals surface area contributed by atoms with Gasteiger partial charge in [0.25, 0.3) is 0 Å². The van der Waals surface area contributed by atoms with Crippen molar-refractivity contribution in [2.45, 2.75) is 25.3 Å². The number of H-pyrrole nitrogens is 1. The fourth-order valence-corrected chi connectivity index (χ4v) is 1.17. The number of tetrazole rings is 1. The van der Waals surface area contributed by atoms with Gasteiger partial charge in [0.2, 0.25) is 5.91 Å². The van der Waals surface area contributed by atoms with Crippen molar-refractivity contribution in [1.29, 1.82) is 0 Å². The summed E-state index contributed by atoms with van der Waals surface area (Å²) in [5.41, 5.74) is 0. The number of aromatic amines is 1. The molecule has 1 amide bonds. The number of carboxylic acids is 2. The van der Waals surface area contributed by atoms with Gasteiger partial charge >= 0.3 is 11.9 Å². The molecule has 0 bridgehead atoms. The number of aromatic nitrogens is 4. The Hall–Kier alpha value is -2.52. The Balaban J connectivity index is 2.47. The Labute approximate surface area is 100 Å². The van der Waals surface area contributed by atoms with Crippen molar-refractivity contribution in [3.8, 4) is 0 Å². The van der Waals surface area contributed by atoms with E-state index in [1.54, 1.807) is 0 Å². The topological polar surface area (TPSA) is 158 Å². The summed E-state index contributed by atoms with van der Waals surface area (Å²) in [6.07, 6.45) is -0.768. The molecule has 10 nitrogen and oxygen atoms in total. The molecule has 0 saturated heterocycles. The van der Waals surface area contributed by atoms with E-state index in [0.29, 0.717) is 0 Å². The highest BCUT2D eigenvalue weighted by atomic mass is 16.4. The molecule has 0 aliphatic carbocycles. The second-order valence-electron chi connectivity index (χ2n) is 3.40. The summed E-state index contributed by atoms with van der Waals surface area (Å²) in [7, 11) is 0. The highest BCUT2D eigenvalue weighted by molar-refractivity contribution is 5.84. The fourth-order valence-electron chi connectivity index (χ4n) is 1.17. The van der Waals surface area contributed by atoms with E-state index in [1.165, 1.54) is 0 Å². The van der Waals surface area contributed by atoms with E-state index in [9.17, 15) is 14.4 Å². The summed E-state index contributed by atoms with van der Waals surface area (Å²) >= 11 is 0. The number of carboxylic acid groups (broad SMARTS) is 2. The average molecular weight is 257 g/mol. The van der Waals surface area contributed by atoms with Crippen molar-refractivity contribution in [3.63, 3.8) is 0 Å². The standard InChI is InChI=1S/C8H11N5O5/c14-6(3-5-10-12-13-11-5)9-4(8(17)18)1-2-7(15)16/h4H,1-3H2,(H,9,14)(H,15,16)(H,17,18)(H,10,11,12,13). The predicted molar refractivity (Wildman–Crippen MR) is 54.3 cm³/mol. The van der Waals surface area contributed by atoms with Crippen molar-refractivity contribution in [2.75, 3.05) is 0 Å². The summed E-state index contributed by atoms with van der Waals surface area (Å²) in [6.45, 7) is 0. The number of nitrogens with zero attached hydrogens (tertiary/aromatic N) is 3. The van der Waals surface area contributed by atoms with Gasteiger partial charge in [-0.15, -0.1) is 10.2 Å². The summed E-state index contributed by atoms with van der Waals surface area (Å²) in [5.74, 6) is -2.92. The molecule has 98 valence electrons. The Morgan fingerprint density at radius 2 is 2.06 bits per heavy atom. The first-order valence-corrected chi connectivity index (χ1v) is 4.95. The van der Waals surface area contributed by atoms with Crippen LogP contribution in [0.5, 0.6) is 0 Å². The number of aliphatic carboxylic acids is 2. The summed E-state index contributed by atoms with van der Waals surface area (Å²) in [4.78, 5) is 32.5. The van der Waals surface area contributed by atoms with Crippen molar-refractivity contribution < 1.29 is 24.6 Å². The lowest BCUT2D eigenvalue weighted by molar-refractivity contribution is -0.143. The molecular weight excluding hydrogens is 246 g/mol. The summed E-state index contributed by atoms with van der Waals surface area (Å²) in [5, 5.41) is 31.9.